The molecular weight excluding hydrogens is 244 g/mol. The van der Waals surface area contributed by atoms with Gasteiger partial charge in [0.1, 0.15) is 0 Å². The van der Waals surface area contributed by atoms with Gasteiger partial charge in [-0.15, -0.1) is 6.58 Å². The summed E-state index contributed by atoms with van der Waals surface area (Å²) in [5.74, 6) is -0.219. The largest absolute Gasteiger partial charge is 0.503 e. The predicted molar refractivity (Wildman–Crippen MR) is 75.3 cm³/mol. The van der Waals surface area contributed by atoms with E-state index in [9.17, 15) is 9.90 Å². The Morgan fingerprint density at radius 1 is 1.53 bits per heavy atom. The average Bonchev–Trinajstić information content (AvgIpc) is 2.39. The van der Waals surface area contributed by atoms with Gasteiger partial charge in [-0.2, -0.15) is 0 Å². The number of hydrogen-bond donors (Lipinski definition) is 2. The Morgan fingerprint density at radius 2 is 2.21 bits per heavy atom. The van der Waals surface area contributed by atoms with Crippen LogP contribution in [0.5, 0.6) is 5.75 Å². The molecule has 0 aliphatic carbocycles. The number of likely N-dealkylation sites (N-methyl/N-ethyl adjacent to an activating group) is 1. The van der Waals surface area contributed by atoms with Crippen LogP contribution < -0.4 is 5.43 Å². The van der Waals surface area contributed by atoms with Crippen molar-refractivity contribution in [2.45, 2.75) is 26.9 Å². The van der Waals surface area contributed by atoms with Gasteiger partial charge in [-0.1, -0.05) is 13.0 Å². The molecule has 1 aromatic rings. The van der Waals surface area contributed by atoms with E-state index >= 15 is 0 Å². The molecule has 0 aliphatic rings. The van der Waals surface area contributed by atoms with Gasteiger partial charge in [-0.25, -0.2) is 0 Å². The summed E-state index contributed by atoms with van der Waals surface area (Å²) >= 11 is 0. The molecule has 0 bridgehead atoms. The van der Waals surface area contributed by atoms with Crippen molar-refractivity contribution in [3.8, 4) is 5.75 Å². The molecular formula is C14H22N2O3. The number of aromatic nitrogens is 1. The van der Waals surface area contributed by atoms with Gasteiger partial charge in [0, 0.05) is 31.4 Å². The molecule has 0 fully saturated rings. The van der Waals surface area contributed by atoms with Gasteiger partial charge in [0.05, 0.1) is 12.3 Å². The van der Waals surface area contributed by atoms with Gasteiger partial charge in [0.15, 0.2) is 5.75 Å². The van der Waals surface area contributed by atoms with Crippen LogP contribution in [-0.4, -0.2) is 39.4 Å². The zero-order valence-corrected chi connectivity index (χ0v) is 11.6. The maximum absolute atomic E-state index is 11.7. The van der Waals surface area contributed by atoms with E-state index in [0.717, 1.165) is 12.2 Å². The number of aromatic hydroxyl groups is 1. The number of rotatable bonds is 7. The van der Waals surface area contributed by atoms with Crippen LogP contribution >= 0.6 is 0 Å². The number of allylic oxidation sites excluding steroid dienone is 1. The molecule has 0 amide bonds. The Hall–Kier alpha value is -1.59. The summed E-state index contributed by atoms with van der Waals surface area (Å²) in [5.41, 5.74) is 0.991. The van der Waals surface area contributed by atoms with Gasteiger partial charge >= 0.3 is 0 Å². The highest BCUT2D eigenvalue weighted by Crippen LogP contribution is 2.16. The third-order valence-electron chi connectivity index (χ3n) is 3.15. The minimum Gasteiger partial charge on any atom is -0.503 e. The van der Waals surface area contributed by atoms with Gasteiger partial charge in [0.2, 0.25) is 5.43 Å². The van der Waals surface area contributed by atoms with Crippen molar-refractivity contribution >= 4 is 0 Å². The van der Waals surface area contributed by atoms with E-state index in [4.69, 9.17) is 5.11 Å². The first kappa shape index (κ1) is 15.5. The van der Waals surface area contributed by atoms with Crippen molar-refractivity contribution in [1.82, 2.24) is 9.47 Å². The highest BCUT2D eigenvalue weighted by molar-refractivity contribution is 5.30. The van der Waals surface area contributed by atoms with Crippen LogP contribution in [0.15, 0.2) is 23.5 Å². The van der Waals surface area contributed by atoms with Crippen LogP contribution in [0.4, 0.5) is 0 Å². The summed E-state index contributed by atoms with van der Waals surface area (Å²) in [5, 5.41) is 19.0. The fraction of sp³-hybridized carbons (Fsp3) is 0.500. The van der Waals surface area contributed by atoms with Crippen LogP contribution in [0.1, 0.15) is 18.3 Å². The quantitative estimate of drug-likeness (QED) is 0.719. The first-order valence-electron chi connectivity index (χ1n) is 6.41. The molecule has 0 radical (unpaired) electrons. The first-order valence-corrected chi connectivity index (χ1v) is 6.41. The third kappa shape index (κ3) is 3.68. The fourth-order valence-corrected chi connectivity index (χ4v) is 2.06. The number of aliphatic hydroxyl groups excluding tert-OH is 1. The molecule has 0 aromatic carbocycles. The van der Waals surface area contributed by atoms with E-state index in [1.807, 2.05) is 23.3 Å². The summed E-state index contributed by atoms with van der Waals surface area (Å²) in [6.45, 7) is 9.74. The molecule has 1 heterocycles. The monoisotopic (exact) mass is 266 g/mol. The molecule has 5 nitrogen and oxygen atoms in total. The van der Waals surface area contributed by atoms with E-state index in [1.165, 1.54) is 6.07 Å². The molecule has 0 unspecified atom stereocenters. The van der Waals surface area contributed by atoms with Crippen LogP contribution in [-0.2, 0) is 13.1 Å². The lowest BCUT2D eigenvalue weighted by Crippen LogP contribution is -2.29. The van der Waals surface area contributed by atoms with E-state index < -0.39 is 0 Å². The van der Waals surface area contributed by atoms with E-state index in [-0.39, 0.29) is 17.8 Å². The summed E-state index contributed by atoms with van der Waals surface area (Å²) in [6.07, 6.45) is 1.72. The Labute approximate surface area is 113 Å². The van der Waals surface area contributed by atoms with Crippen molar-refractivity contribution in [2.75, 3.05) is 19.7 Å². The zero-order chi connectivity index (χ0) is 14.4. The molecule has 0 spiro atoms. The molecule has 0 saturated heterocycles. The summed E-state index contributed by atoms with van der Waals surface area (Å²) in [4.78, 5) is 13.7. The minimum atomic E-state index is -0.368. The van der Waals surface area contributed by atoms with E-state index in [0.29, 0.717) is 25.3 Å². The highest BCUT2D eigenvalue weighted by Gasteiger charge is 2.15. The maximum atomic E-state index is 11.7. The van der Waals surface area contributed by atoms with Crippen molar-refractivity contribution < 1.29 is 10.2 Å². The standard InChI is InChI=1S/C14H22N2O3/c1-4-6-16-11(3)9-13(18)14(19)12(16)10-15(5-2)7-8-17/h4,9,17,19H,1,5-8,10H2,2-3H3. The summed E-state index contributed by atoms with van der Waals surface area (Å²) < 4.78 is 1.86. The molecule has 1 aromatic heterocycles. The number of hydrogen-bond acceptors (Lipinski definition) is 4. The van der Waals surface area contributed by atoms with Crippen molar-refractivity contribution in [3.63, 3.8) is 0 Å². The molecule has 1 rings (SSSR count). The summed E-state index contributed by atoms with van der Waals surface area (Å²) in [6, 6.07) is 1.42. The number of nitrogens with zero attached hydrogens (tertiary/aromatic N) is 2. The molecule has 2 N–H and O–H groups in total. The topological polar surface area (TPSA) is 65.7 Å². The second-order valence-electron chi connectivity index (χ2n) is 4.44. The van der Waals surface area contributed by atoms with Crippen molar-refractivity contribution in [2.24, 2.45) is 0 Å². The lowest BCUT2D eigenvalue weighted by atomic mass is 10.2. The first-order chi connectivity index (χ1) is 9.04. The molecule has 5 heteroatoms. The van der Waals surface area contributed by atoms with Crippen molar-refractivity contribution in [3.05, 3.63) is 40.3 Å². The maximum Gasteiger partial charge on any atom is 0.223 e. The zero-order valence-electron chi connectivity index (χ0n) is 11.6. The van der Waals surface area contributed by atoms with E-state index in [2.05, 4.69) is 6.58 Å². The lowest BCUT2D eigenvalue weighted by Gasteiger charge is -2.23. The number of pyridine rings is 1. The third-order valence-corrected chi connectivity index (χ3v) is 3.15. The molecule has 0 aliphatic heterocycles. The van der Waals surface area contributed by atoms with E-state index in [1.54, 1.807) is 6.08 Å². The highest BCUT2D eigenvalue weighted by atomic mass is 16.3. The van der Waals surface area contributed by atoms with Gasteiger partial charge in [-0.05, 0) is 13.5 Å². The lowest BCUT2D eigenvalue weighted by molar-refractivity contribution is 0.192. The van der Waals surface area contributed by atoms with Crippen LogP contribution in [0, 0.1) is 6.92 Å². The molecule has 19 heavy (non-hydrogen) atoms. The van der Waals surface area contributed by atoms with Crippen LogP contribution in [0.2, 0.25) is 0 Å². The van der Waals surface area contributed by atoms with Crippen LogP contribution in [0.3, 0.4) is 0 Å². The average molecular weight is 266 g/mol. The molecule has 0 atom stereocenters. The fourth-order valence-electron chi connectivity index (χ4n) is 2.06. The number of aryl methyl sites for hydroxylation is 1. The Balaban J connectivity index is 3.22. The predicted octanol–water partition coefficient (Wildman–Crippen LogP) is 0.863. The number of aliphatic hydroxyl groups is 1. The van der Waals surface area contributed by atoms with Crippen molar-refractivity contribution in [1.29, 1.82) is 0 Å². The minimum absolute atomic E-state index is 0.0477. The second-order valence-corrected chi connectivity index (χ2v) is 4.44. The smallest absolute Gasteiger partial charge is 0.223 e. The second kappa shape index (κ2) is 7.11. The Bertz CT molecular complexity index is 494. The normalized spacial score (nSPS) is 10.9. The van der Waals surface area contributed by atoms with Gasteiger partial charge < -0.3 is 14.8 Å². The SMILES string of the molecule is C=CCn1c(C)cc(=O)c(O)c1CN(CC)CCO. The summed E-state index contributed by atoms with van der Waals surface area (Å²) in [7, 11) is 0. The molecule has 0 saturated carbocycles. The Kier molecular flexibility index (Phi) is 5.79. The van der Waals surface area contributed by atoms with Gasteiger partial charge in [-0.3, -0.25) is 9.69 Å². The van der Waals surface area contributed by atoms with Gasteiger partial charge in [0.25, 0.3) is 0 Å². The van der Waals surface area contributed by atoms with Crippen LogP contribution in [0.25, 0.3) is 0 Å². The Morgan fingerprint density at radius 3 is 2.74 bits per heavy atom. The molecule has 106 valence electrons.